The van der Waals surface area contributed by atoms with Gasteiger partial charge in [0.05, 0.1) is 12.2 Å². The highest BCUT2D eigenvalue weighted by molar-refractivity contribution is 9.10. The average molecular weight is 341 g/mol. The molecule has 4 heteroatoms. The van der Waals surface area contributed by atoms with Crippen LogP contribution < -0.4 is 4.74 Å². The summed E-state index contributed by atoms with van der Waals surface area (Å²) in [6, 6.07) is 3.74. The third-order valence-electron chi connectivity index (χ3n) is 3.14. The lowest BCUT2D eigenvalue weighted by molar-refractivity contribution is 0.00672. The molecule has 2 rings (SSSR count). The smallest absolute Gasteiger partial charge is 0.340 e. The van der Waals surface area contributed by atoms with Gasteiger partial charge in [0.1, 0.15) is 11.4 Å². The largest absolute Gasteiger partial charge is 0.493 e. The fraction of sp³-hybridized carbons (Fsp3) is 0.562. The normalized spacial score (nSPS) is 15.1. The maximum atomic E-state index is 12.3. The van der Waals surface area contributed by atoms with Crippen LogP contribution in [0.25, 0.3) is 0 Å². The molecular weight excluding hydrogens is 320 g/mol. The number of hydrogen-bond acceptors (Lipinski definition) is 3. The lowest BCUT2D eigenvalue weighted by Gasteiger charge is -2.21. The van der Waals surface area contributed by atoms with Gasteiger partial charge >= 0.3 is 5.97 Å². The molecule has 0 spiro atoms. The molecule has 3 nitrogen and oxygen atoms in total. The van der Waals surface area contributed by atoms with Crippen LogP contribution in [0.5, 0.6) is 5.75 Å². The fourth-order valence-electron chi connectivity index (χ4n) is 1.89. The number of carbonyl (C=O) groups excluding carboxylic acids is 1. The van der Waals surface area contributed by atoms with Gasteiger partial charge in [-0.2, -0.15) is 0 Å². The lowest BCUT2D eigenvalue weighted by atomic mass is 10.1. The summed E-state index contributed by atoms with van der Waals surface area (Å²) in [5, 5.41) is 0. The van der Waals surface area contributed by atoms with Gasteiger partial charge in [-0.05, 0) is 74.5 Å². The van der Waals surface area contributed by atoms with Crippen molar-refractivity contribution in [3.8, 4) is 5.75 Å². The van der Waals surface area contributed by atoms with Crippen molar-refractivity contribution < 1.29 is 14.3 Å². The Balaban J connectivity index is 2.21. The van der Waals surface area contributed by atoms with E-state index in [1.807, 2.05) is 39.8 Å². The molecule has 0 radical (unpaired) electrons. The molecule has 1 aliphatic rings. The molecular formula is C16H21BrO3. The maximum absolute atomic E-state index is 12.3. The molecule has 1 aliphatic carbocycles. The Bertz CT molecular complexity index is 513. The molecule has 1 aromatic rings. The Labute approximate surface area is 128 Å². The number of rotatable bonds is 4. The molecule has 20 heavy (non-hydrogen) atoms. The van der Waals surface area contributed by atoms with Gasteiger partial charge < -0.3 is 9.47 Å². The van der Waals surface area contributed by atoms with Crippen LogP contribution in [0.3, 0.4) is 0 Å². The molecule has 1 aromatic carbocycles. The zero-order chi connectivity index (χ0) is 14.9. The summed E-state index contributed by atoms with van der Waals surface area (Å²) in [6.45, 7) is 8.22. The highest BCUT2D eigenvalue weighted by atomic mass is 79.9. The SMILES string of the molecule is Cc1c(OCC2CC2)ccc(Br)c1C(=O)OC(C)(C)C. The summed E-state index contributed by atoms with van der Waals surface area (Å²) >= 11 is 3.43. The Morgan fingerprint density at radius 2 is 2.00 bits per heavy atom. The van der Waals surface area contributed by atoms with E-state index in [2.05, 4.69) is 15.9 Å². The second-order valence-corrected chi connectivity index (χ2v) is 7.16. The Kier molecular flexibility index (Phi) is 4.43. The first-order valence-electron chi connectivity index (χ1n) is 6.93. The molecule has 0 N–H and O–H groups in total. The van der Waals surface area contributed by atoms with Gasteiger partial charge in [-0.1, -0.05) is 0 Å². The second kappa shape index (κ2) is 5.76. The minimum atomic E-state index is -0.506. The molecule has 0 amide bonds. The summed E-state index contributed by atoms with van der Waals surface area (Å²) in [4.78, 5) is 12.3. The molecule has 0 aromatic heterocycles. The quantitative estimate of drug-likeness (QED) is 0.757. The predicted molar refractivity (Wildman–Crippen MR) is 82.3 cm³/mol. The highest BCUT2D eigenvalue weighted by Gasteiger charge is 2.25. The number of benzene rings is 1. The summed E-state index contributed by atoms with van der Waals surface area (Å²) in [5.41, 5.74) is 0.871. The maximum Gasteiger partial charge on any atom is 0.340 e. The van der Waals surface area contributed by atoms with Gasteiger partial charge in [-0.15, -0.1) is 0 Å². The van der Waals surface area contributed by atoms with Crippen LogP contribution in [0.2, 0.25) is 0 Å². The summed E-state index contributed by atoms with van der Waals surface area (Å²) < 4.78 is 12.0. The molecule has 1 fully saturated rings. The average Bonchev–Trinajstić information content (AvgIpc) is 3.09. The molecule has 0 saturated heterocycles. The molecule has 0 unspecified atom stereocenters. The zero-order valence-corrected chi connectivity index (χ0v) is 14.0. The Morgan fingerprint density at radius 3 is 2.55 bits per heavy atom. The van der Waals surface area contributed by atoms with Gasteiger partial charge in [-0.25, -0.2) is 4.79 Å². The van der Waals surface area contributed by atoms with E-state index in [0.29, 0.717) is 11.5 Å². The Hall–Kier alpha value is -1.03. The van der Waals surface area contributed by atoms with Crippen LogP contribution in [0.15, 0.2) is 16.6 Å². The van der Waals surface area contributed by atoms with Crippen LogP contribution >= 0.6 is 15.9 Å². The molecule has 0 bridgehead atoms. The van der Waals surface area contributed by atoms with E-state index in [0.717, 1.165) is 22.4 Å². The second-order valence-electron chi connectivity index (χ2n) is 6.30. The number of ether oxygens (including phenoxy) is 2. The molecule has 0 heterocycles. The van der Waals surface area contributed by atoms with Crippen molar-refractivity contribution in [2.24, 2.45) is 5.92 Å². The number of carbonyl (C=O) groups is 1. The first kappa shape index (κ1) is 15.4. The van der Waals surface area contributed by atoms with Crippen LogP contribution in [-0.2, 0) is 4.74 Å². The topological polar surface area (TPSA) is 35.5 Å². The van der Waals surface area contributed by atoms with Crippen LogP contribution in [0.1, 0.15) is 49.5 Å². The third kappa shape index (κ3) is 3.98. The van der Waals surface area contributed by atoms with E-state index in [1.165, 1.54) is 12.8 Å². The molecule has 1 saturated carbocycles. The van der Waals surface area contributed by atoms with E-state index >= 15 is 0 Å². The number of halogens is 1. The fourth-order valence-corrected chi connectivity index (χ4v) is 2.48. The van der Waals surface area contributed by atoms with Crippen LogP contribution in [-0.4, -0.2) is 18.2 Å². The molecule has 110 valence electrons. The van der Waals surface area contributed by atoms with Gasteiger partial charge in [0, 0.05) is 10.0 Å². The summed E-state index contributed by atoms with van der Waals surface area (Å²) in [6.07, 6.45) is 2.49. The van der Waals surface area contributed by atoms with Crippen molar-refractivity contribution in [1.29, 1.82) is 0 Å². The van der Waals surface area contributed by atoms with Crippen molar-refractivity contribution in [3.63, 3.8) is 0 Å². The number of esters is 1. The molecule has 0 aliphatic heterocycles. The first-order valence-corrected chi connectivity index (χ1v) is 7.72. The van der Waals surface area contributed by atoms with E-state index in [9.17, 15) is 4.79 Å². The van der Waals surface area contributed by atoms with Crippen LogP contribution in [0.4, 0.5) is 0 Å². The van der Waals surface area contributed by atoms with Crippen LogP contribution in [0, 0.1) is 12.8 Å². The van der Waals surface area contributed by atoms with Crippen molar-refractivity contribution in [1.82, 2.24) is 0 Å². The first-order chi connectivity index (χ1) is 9.28. The van der Waals surface area contributed by atoms with Gasteiger partial charge in [0.25, 0.3) is 0 Å². The van der Waals surface area contributed by atoms with Gasteiger partial charge in [0.2, 0.25) is 0 Å². The standard InChI is InChI=1S/C16H21BrO3/c1-10-13(19-9-11-5-6-11)8-7-12(17)14(10)15(18)20-16(2,3)4/h7-8,11H,5-6,9H2,1-4H3. The minimum absolute atomic E-state index is 0.321. The predicted octanol–water partition coefficient (Wildman–Crippen LogP) is 4.50. The number of hydrogen-bond donors (Lipinski definition) is 0. The lowest BCUT2D eigenvalue weighted by Crippen LogP contribution is -2.24. The van der Waals surface area contributed by atoms with E-state index < -0.39 is 5.60 Å². The summed E-state index contributed by atoms with van der Waals surface area (Å²) in [7, 11) is 0. The van der Waals surface area contributed by atoms with Crippen molar-refractivity contribution in [2.75, 3.05) is 6.61 Å². The third-order valence-corrected chi connectivity index (χ3v) is 3.80. The highest BCUT2D eigenvalue weighted by Crippen LogP contribution is 2.33. The Morgan fingerprint density at radius 1 is 1.35 bits per heavy atom. The molecule has 0 atom stereocenters. The van der Waals surface area contributed by atoms with E-state index in [4.69, 9.17) is 9.47 Å². The van der Waals surface area contributed by atoms with Gasteiger partial charge in [-0.3, -0.25) is 0 Å². The monoisotopic (exact) mass is 340 g/mol. The van der Waals surface area contributed by atoms with E-state index in [1.54, 1.807) is 0 Å². The zero-order valence-electron chi connectivity index (χ0n) is 12.5. The minimum Gasteiger partial charge on any atom is -0.493 e. The van der Waals surface area contributed by atoms with Crippen molar-refractivity contribution >= 4 is 21.9 Å². The van der Waals surface area contributed by atoms with Crippen molar-refractivity contribution in [2.45, 2.75) is 46.1 Å². The summed E-state index contributed by atoms with van der Waals surface area (Å²) in [5.74, 6) is 1.13. The van der Waals surface area contributed by atoms with Crippen molar-refractivity contribution in [3.05, 3.63) is 27.7 Å². The van der Waals surface area contributed by atoms with Gasteiger partial charge in [0.15, 0.2) is 0 Å². The van der Waals surface area contributed by atoms with E-state index in [-0.39, 0.29) is 5.97 Å².